The van der Waals surface area contributed by atoms with E-state index in [2.05, 4.69) is 0 Å². The van der Waals surface area contributed by atoms with Gasteiger partial charge in [0.1, 0.15) is 11.4 Å². The summed E-state index contributed by atoms with van der Waals surface area (Å²) in [6, 6.07) is 7.33. The van der Waals surface area contributed by atoms with Gasteiger partial charge in [-0.1, -0.05) is 12.1 Å². The van der Waals surface area contributed by atoms with Crippen LogP contribution in [0.2, 0.25) is 0 Å². The minimum absolute atomic E-state index is 0.0839. The van der Waals surface area contributed by atoms with E-state index in [0.29, 0.717) is 56.1 Å². The number of imide groups is 1. The lowest BCUT2D eigenvalue weighted by Gasteiger charge is -2.34. The number of piperidine rings is 1. The molecule has 1 aromatic carbocycles. The Kier molecular flexibility index (Phi) is 8.09. The van der Waals surface area contributed by atoms with Crippen molar-refractivity contribution in [3.63, 3.8) is 0 Å². The number of ether oxygens (including phenoxy) is 2. The molecule has 2 aliphatic rings. The molecular formula is C24H34N2O5. The van der Waals surface area contributed by atoms with E-state index in [9.17, 15) is 14.7 Å². The van der Waals surface area contributed by atoms with Gasteiger partial charge in [0.2, 0.25) is 0 Å². The second-order valence-corrected chi connectivity index (χ2v) is 8.35. The van der Waals surface area contributed by atoms with Crippen LogP contribution in [0.5, 0.6) is 5.75 Å². The maximum Gasteiger partial charge on any atom is 0.277 e. The van der Waals surface area contributed by atoms with Gasteiger partial charge in [0.05, 0.1) is 18.3 Å². The quantitative estimate of drug-likeness (QED) is 0.454. The lowest BCUT2D eigenvalue weighted by Crippen LogP contribution is -2.41. The molecule has 31 heavy (non-hydrogen) atoms. The highest BCUT2D eigenvalue weighted by Crippen LogP contribution is 2.34. The lowest BCUT2D eigenvalue weighted by molar-refractivity contribution is -0.138. The second-order valence-electron chi connectivity index (χ2n) is 8.35. The molecule has 2 heterocycles. The van der Waals surface area contributed by atoms with Crippen molar-refractivity contribution in [1.29, 1.82) is 0 Å². The summed E-state index contributed by atoms with van der Waals surface area (Å²) in [5.74, 6) is 0.322. The Bertz CT molecular complexity index is 803. The van der Waals surface area contributed by atoms with Crippen LogP contribution in [0.25, 0.3) is 5.57 Å². The van der Waals surface area contributed by atoms with E-state index in [1.807, 2.05) is 49.9 Å². The third kappa shape index (κ3) is 5.46. The first-order valence-electron chi connectivity index (χ1n) is 11.3. The van der Waals surface area contributed by atoms with E-state index < -0.39 is 0 Å². The summed E-state index contributed by atoms with van der Waals surface area (Å²) >= 11 is 0. The van der Waals surface area contributed by atoms with E-state index in [1.54, 1.807) is 0 Å². The minimum Gasteiger partial charge on any atom is -0.494 e. The lowest BCUT2D eigenvalue weighted by atomic mass is 9.97. The molecule has 0 aromatic heterocycles. The molecule has 0 bridgehead atoms. The molecule has 0 aliphatic carbocycles. The highest BCUT2D eigenvalue weighted by atomic mass is 16.5. The van der Waals surface area contributed by atoms with Gasteiger partial charge < -0.3 is 19.5 Å². The van der Waals surface area contributed by atoms with Crippen molar-refractivity contribution in [2.45, 2.75) is 46.1 Å². The third-order valence-corrected chi connectivity index (χ3v) is 5.67. The fraction of sp³-hybridized carbons (Fsp3) is 0.583. The summed E-state index contributed by atoms with van der Waals surface area (Å²) in [7, 11) is 0. The standard InChI is InChI=1S/C24H34N2O5/c1-4-30-20-10-8-19(9-11-20)21-22(25-12-5-7-18(15-25)16-27)24(29)26(23(21)28)13-6-14-31-17(2)3/h8-11,17-18,27H,4-7,12-16H2,1-3H3. The highest BCUT2D eigenvalue weighted by molar-refractivity contribution is 6.35. The molecule has 7 nitrogen and oxygen atoms in total. The van der Waals surface area contributed by atoms with Crippen molar-refractivity contribution in [2.24, 2.45) is 5.92 Å². The zero-order valence-corrected chi connectivity index (χ0v) is 18.8. The van der Waals surface area contributed by atoms with E-state index >= 15 is 0 Å². The number of nitrogens with zero attached hydrogens (tertiary/aromatic N) is 2. The predicted molar refractivity (Wildman–Crippen MR) is 118 cm³/mol. The van der Waals surface area contributed by atoms with Crippen LogP contribution < -0.4 is 4.74 Å². The molecule has 1 fully saturated rings. The molecule has 0 saturated carbocycles. The fourth-order valence-electron chi connectivity index (χ4n) is 4.16. The molecule has 1 unspecified atom stereocenters. The van der Waals surface area contributed by atoms with Crippen molar-refractivity contribution in [2.75, 3.05) is 39.5 Å². The number of hydrogen-bond acceptors (Lipinski definition) is 6. The largest absolute Gasteiger partial charge is 0.494 e. The van der Waals surface area contributed by atoms with Gasteiger partial charge in [-0.25, -0.2) is 0 Å². The van der Waals surface area contributed by atoms with E-state index in [1.165, 1.54) is 4.90 Å². The van der Waals surface area contributed by atoms with Crippen molar-refractivity contribution >= 4 is 17.4 Å². The van der Waals surface area contributed by atoms with E-state index in [-0.39, 0.29) is 30.4 Å². The third-order valence-electron chi connectivity index (χ3n) is 5.67. The Labute approximate surface area is 184 Å². The van der Waals surface area contributed by atoms with Gasteiger partial charge in [0.25, 0.3) is 11.8 Å². The topological polar surface area (TPSA) is 79.3 Å². The first kappa shape index (κ1) is 23.3. The van der Waals surface area contributed by atoms with Crippen molar-refractivity contribution in [3.05, 3.63) is 35.5 Å². The minimum atomic E-state index is -0.264. The smallest absolute Gasteiger partial charge is 0.277 e. The van der Waals surface area contributed by atoms with Gasteiger partial charge in [-0.15, -0.1) is 0 Å². The number of rotatable bonds is 10. The van der Waals surface area contributed by atoms with E-state index in [4.69, 9.17) is 9.47 Å². The van der Waals surface area contributed by atoms with Gasteiger partial charge in [-0.3, -0.25) is 14.5 Å². The Morgan fingerprint density at radius 3 is 2.55 bits per heavy atom. The fourth-order valence-corrected chi connectivity index (χ4v) is 4.16. The molecular weight excluding hydrogens is 396 g/mol. The van der Waals surface area contributed by atoms with E-state index in [0.717, 1.165) is 18.6 Å². The maximum absolute atomic E-state index is 13.4. The van der Waals surface area contributed by atoms with Gasteiger partial charge >= 0.3 is 0 Å². The Balaban J connectivity index is 1.88. The molecule has 1 N–H and O–H groups in total. The molecule has 1 atom stereocenters. The van der Waals surface area contributed by atoms with Crippen LogP contribution in [0.1, 0.15) is 45.6 Å². The number of benzene rings is 1. The van der Waals surface area contributed by atoms with Crippen LogP contribution in [-0.2, 0) is 14.3 Å². The zero-order valence-electron chi connectivity index (χ0n) is 18.8. The first-order valence-corrected chi connectivity index (χ1v) is 11.3. The predicted octanol–water partition coefficient (Wildman–Crippen LogP) is 2.68. The molecule has 170 valence electrons. The summed E-state index contributed by atoms with van der Waals surface area (Å²) in [6.07, 6.45) is 2.52. The summed E-state index contributed by atoms with van der Waals surface area (Å²) in [5, 5.41) is 9.64. The average Bonchev–Trinajstić information content (AvgIpc) is 3.02. The monoisotopic (exact) mass is 430 g/mol. The van der Waals surface area contributed by atoms with Gasteiger partial charge in [0, 0.05) is 32.8 Å². The van der Waals surface area contributed by atoms with Crippen LogP contribution in [0, 0.1) is 5.92 Å². The second kappa shape index (κ2) is 10.8. The Morgan fingerprint density at radius 1 is 1.16 bits per heavy atom. The van der Waals surface area contributed by atoms with Crippen LogP contribution in [0.4, 0.5) is 0 Å². The molecule has 2 amide bonds. The molecule has 1 saturated heterocycles. The van der Waals surface area contributed by atoms with Crippen LogP contribution in [0.15, 0.2) is 30.0 Å². The highest BCUT2D eigenvalue weighted by Gasteiger charge is 2.42. The summed E-state index contributed by atoms with van der Waals surface area (Å²) in [6.45, 7) is 8.60. The van der Waals surface area contributed by atoms with Crippen LogP contribution in [0.3, 0.4) is 0 Å². The number of carbonyl (C=O) groups excluding carboxylic acids is 2. The molecule has 0 radical (unpaired) electrons. The average molecular weight is 431 g/mol. The first-order chi connectivity index (χ1) is 15.0. The Hall–Kier alpha value is -2.38. The van der Waals surface area contributed by atoms with Crippen molar-refractivity contribution in [1.82, 2.24) is 9.80 Å². The van der Waals surface area contributed by atoms with Gasteiger partial charge in [-0.05, 0) is 63.6 Å². The molecule has 3 rings (SSSR count). The van der Waals surface area contributed by atoms with Crippen LogP contribution in [-0.4, -0.2) is 72.3 Å². The Morgan fingerprint density at radius 2 is 1.90 bits per heavy atom. The van der Waals surface area contributed by atoms with Crippen LogP contribution >= 0.6 is 0 Å². The van der Waals surface area contributed by atoms with Gasteiger partial charge in [-0.2, -0.15) is 0 Å². The van der Waals surface area contributed by atoms with Crippen molar-refractivity contribution < 1.29 is 24.2 Å². The number of likely N-dealkylation sites (tertiary alicyclic amines) is 1. The van der Waals surface area contributed by atoms with Crippen molar-refractivity contribution in [3.8, 4) is 5.75 Å². The summed E-state index contributed by atoms with van der Waals surface area (Å²) in [4.78, 5) is 30.1. The molecule has 1 aromatic rings. The number of amides is 2. The maximum atomic E-state index is 13.4. The summed E-state index contributed by atoms with van der Waals surface area (Å²) in [5.41, 5.74) is 1.61. The van der Waals surface area contributed by atoms with Gasteiger partial charge in [0.15, 0.2) is 0 Å². The normalized spacial score (nSPS) is 19.7. The number of aliphatic hydroxyl groups excluding tert-OH is 1. The molecule has 0 spiro atoms. The number of hydrogen-bond donors (Lipinski definition) is 1. The number of carbonyl (C=O) groups is 2. The SMILES string of the molecule is CCOc1ccc(C2=C(N3CCCC(CO)C3)C(=O)N(CCCOC(C)C)C2=O)cc1. The molecule has 7 heteroatoms. The zero-order chi connectivity index (χ0) is 22.4. The molecule has 2 aliphatic heterocycles. The number of aliphatic hydroxyl groups is 1. The summed E-state index contributed by atoms with van der Waals surface area (Å²) < 4.78 is 11.1.